The Kier molecular flexibility index (Phi) is 5.58. The quantitative estimate of drug-likeness (QED) is 0.766. The van der Waals surface area contributed by atoms with Gasteiger partial charge in [-0.25, -0.2) is 0 Å². The summed E-state index contributed by atoms with van der Waals surface area (Å²) in [5.74, 6) is -0.984. The zero-order valence-electron chi connectivity index (χ0n) is 11.2. The zero-order valence-corrected chi connectivity index (χ0v) is 13.3. The van der Waals surface area contributed by atoms with E-state index >= 15 is 0 Å². The van der Waals surface area contributed by atoms with Crippen LogP contribution in [-0.4, -0.2) is 41.4 Å². The van der Waals surface area contributed by atoms with Gasteiger partial charge in [-0.2, -0.15) is 0 Å². The molecule has 0 fully saturated rings. The second kappa shape index (κ2) is 7.64. The first kappa shape index (κ1) is 15.3. The first-order valence-corrected chi connectivity index (χ1v) is 8.58. The monoisotopic (exact) mass is 350 g/mol. The second-order valence-corrected chi connectivity index (χ2v) is 7.25. The molecule has 0 saturated heterocycles. The third-order valence-electron chi connectivity index (χ3n) is 2.73. The number of aliphatic carboxylic acids is 1. The van der Waals surface area contributed by atoms with E-state index in [0.29, 0.717) is 0 Å². The molecular formula is C14H15AsN2O4. The van der Waals surface area contributed by atoms with Gasteiger partial charge in [-0.1, -0.05) is 0 Å². The summed E-state index contributed by atoms with van der Waals surface area (Å²) >= 11 is -1.42. The Labute approximate surface area is 128 Å². The summed E-state index contributed by atoms with van der Waals surface area (Å²) < 4.78 is 5.54. The molecule has 0 aliphatic rings. The van der Waals surface area contributed by atoms with Gasteiger partial charge in [0.2, 0.25) is 0 Å². The fourth-order valence-corrected chi connectivity index (χ4v) is 3.45. The number of carboxylic acid groups (broad SMARTS) is 1. The summed E-state index contributed by atoms with van der Waals surface area (Å²) in [6.45, 7) is 0.375. The van der Waals surface area contributed by atoms with Gasteiger partial charge in [-0.15, -0.1) is 0 Å². The van der Waals surface area contributed by atoms with E-state index in [1.165, 1.54) is 4.68 Å². The Balaban J connectivity index is 1.85. The molecule has 0 bridgehead atoms. The van der Waals surface area contributed by atoms with E-state index in [9.17, 15) is 14.7 Å². The van der Waals surface area contributed by atoms with Crippen molar-refractivity contribution < 1.29 is 19.4 Å². The van der Waals surface area contributed by atoms with Crippen molar-refractivity contribution in [1.29, 1.82) is 0 Å². The molecular weight excluding hydrogens is 335 g/mol. The van der Waals surface area contributed by atoms with Gasteiger partial charge in [0.05, 0.1) is 0 Å². The molecule has 1 heterocycles. The molecule has 0 aliphatic heterocycles. The number of carbonyl (C=O) groups is 2. The van der Waals surface area contributed by atoms with Gasteiger partial charge < -0.3 is 0 Å². The molecule has 7 heteroatoms. The average Bonchev–Trinajstić information content (AvgIpc) is 2.98. The van der Waals surface area contributed by atoms with Crippen LogP contribution in [0.1, 0.15) is 5.56 Å². The van der Waals surface area contributed by atoms with Crippen molar-refractivity contribution in [3.05, 3.63) is 54.4 Å². The van der Waals surface area contributed by atoms with Crippen LogP contribution in [0.4, 0.5) is 4.79 Å². The summed E-state index contributed by atoms with van der Waals surface area (Å²) in [6, 6.07) is 11.0. The number of benzene rings is 1. The Morgan fingerprint density at radius 2 is 2.05 bits per heavy atom. The standard InChI is InChI=1S/C14H15AsN2O4/c18-13(19)12(9-17-8-4-7-16-17)15-14(20)21-10-11-5-2-1-3-6-11/h1-8,12,15H,9-10H2,(H,18,19)/t12-/m0/s1. The molecule has 110 valence electrons. The van der Waals surface area contributed by atoms with E-state index in [-0.39, 0.29) is 13.2 Å². The van der Waals surface area contributed by atoms with Crippen LogP contribution in [0.15, 0.2) is 48.8 Å². The number of hydrogen-bond acceptors (Lipinski definition) is 4. The van der Waals surface area contributed by atoms with Crippen molar-refractivity contribution in [2.24, 2.45) is 0 Å². The fourth-order valence-electron chi connectivity index (χ4n) is 1.69. The van der Waals surface area contributed by atoms with Crippen LogP contribution in [0, 0.1) is 0 Å². The first-order valence-electron chi connectivity index (χ1n) is 6.32. The van der Waals surface area contributed by atoms with Crippen LogP contribution in [0.5, 0.6) is 0 Å². The van der Waals surface area contributed by atoms with Crippen molar-refractivity contribution in [3.63, 3.8) is 0 Å². The molecule has 1 N–H and O–H groups in total. The van der Waals surface area contributed by atoms with Crippen molar-refractivity contribution in [1.82, 2.24) is 9.78 Å². The topological polar surface area (TPSA) is 81.4 Å². The Hall–Kier alpha value is -2.07. The molecule has 2 rings (SSSR count). The molecule has 2 atom stereocenters. The average molecular weight is 350 g/mol. The molecule has 0 amide bonds. The maximum atomic E-state index is 11.8. The number of carboxylic acids is 1. The fraction of sp³-hybridized carbons (Fsp3) is 0.214. The SMILES string of the molecule is O=C(OCc1ccccc1)[AsH][C@@H](Cn1cccn1)C(=O)O. The number of aromatic nitrogens is 2. The minimum absolute atomic E-state index is 0.178. The molecule has 1 aromatic carbocycles. The molecule has 2 aromatic rings. The van der Waals surface area contributed by atoms with Crippen LogP contribution < -0.4 is 0 Å². The van der Waals surface area contributed by atoms with Gasteiger partial charge in [0.1, 0.15) is 0 Å². The summed E-state index contributed by atoms with van der Waals surface area (Å²) in [5, 5.41) is 13.1. The molecule has 21 heavy (non-hydrogen) atoms. The Morgan fingerprint density at radius 1 is 1.29 bits per heavy atom. The molecule has 0 saturated carbocycles. The number of carbonyl (C=O) groups excluding carboxylic acids is 1. The molecule has 0 spiro atoms. The molecule has 0 aliphatic carbocycles. The van der Waals surface area contributed by atoms with Gasteiger partial charge in [0.15, 0.2) is 0 Å². The van der Waals surface area contributed by atoms with Crippen LogP contribution in [-0.2, 0) is 22.7 Å². The van der Waals surface area contributed by atoms with Crippen LogP contribution in [0.2, 0.25) is 4.71 Å². The summed E-state index contributed by atoms with van der Waals surface area (Å²) in [6.07, 6.45) is 3.25. The van der Waals surface area contributed by atoms with E-state index in [4.69, 9.17) is 4.74 Å². The minimum atomic E-state index is -1.42. The summed E-state index contributed by atoms with van der Waals surface area (Å²) in [4.78, 5) is 23.0. The number of rotatable bonds is 7. The van der Waals surface area contributed by atoms with E-state index in [2.05, 4.69) is 5.10 Å². The summed E-state index contributed by atoms with van der Waals surface area (Å²) in [7, 11) is 0. The predicted octanol–water partition coefficient (Wildman–Crippen LogP) is 1.53. The number of nitrogens with zero attached hydrogens (tertiary/aromatic N) is 2. The van der Waals surface area contributed by atoms with Crippen LogP contribution >= 0.6 is 0 Å². The third-order valence-corrected chi connectivity index (χ3v) is 5.16. The van der Waals surface area contributed by atoms with Crippen molar-refractivity contribution >= 4 is 26.5 Å². The summed E-state index contributed by atoms with van der Waals surface area (Å²) in [5.41, 5.74) is 0.886. The maximum absolute atomic E-state index is 11.8. The Bertz CT molecular complexity index is 586. The Morgan fingerprint density at radius 3 is 2.67 bits per heavy atom. The normalized spacial score (nSPS) is 12.4. The molecule has 1 aromatic heterocycles. The van der Waals surface area contributed by atoms with Gasteiger partial charge in [-0.05, 0) is 0 Å². The molecule has 6 nitrogen and oxygen atoms in total. The van der Waals surface area contributed by atoms with Gasteiger partial charge in [0, 0.05) is 0 Å². The van der Waals surface area contributed by atoms with E-state index in [1.54, 1.807) is 18.5 Å². The predicted molar refractivity (Wildman–Crippen MR) is 77.4 cm³/mol. The van der Waals surface area contributed by atoms with Crippen molar-refractivity contribution in [2.75, 3.05) is 0 Å². The second-order valence-electron chi connectivity index (χ2n) is 4.32. The number of hydrogen-bond donors (Lipinski definition) is 1. The van der Waals surface area contributed by atoms with Crippen LogP contribution in [0.25, 0.3) is 0 Å². The zero-order chi connectivity index (χ0) is 15.1. The van der Waals surface area contributed by atoms with E-state index < -0.39 is 31.2 Å². The number of ether oxygens (including phenoxy) is 1. The van der Waals surface area contributed by atoms with E-state index in [1.807, 2.05) is 30.3 Å². The van der Waals surface area contributed by atoms with Gasteiger partial charge >= 0.3 is 128 Å². The van der Waals surface area contributed by atoms with Gasteiger partial charge in [0.25, 0.3) is 0 Å². The van der Waals surface area contributed by atoms with Crippen LogP contribution in [0.3, 0.4) is 0 Å². The first-order chi connectivity index (χ1) is 10.1. The van der Waals surface area contributed by atoms with Crippen molar-refractivity contribution in [2.45, 2.75) is 17.9 Å². The van der Waals surface area contributed by atoms with Gasteiger partial charge in [-0.3, -0.25) is 0 Å². The van der Waals surface area contributed by atoms with E-state index in [0.717, 1.165) is 5.56 Å². The molecule has 1 unspecified atom stereocenters. The van der Waals surface area contributed by atoms with Crippen molar-refractivity contribution in [3.8, 4) is 0 Å². The third kappa shape index (κ3) is 5.08. The molecule has 0 radical (unpaired) electrons.